The second-order valence-electron chi connectivity index (χ2n) is 6.94. The lowest BCUT2D eigenvalue weighted by molar-refractivity contribution is -0.113. The highest BCUT2D eigenvalue weighted by molar-refractivity contribution is 6.51. The largest absolute Gasteiger partial charge is 0.281 e. The van der Waals surface area contributed by atoms with E-state index in [0.29, 0.717) is 5.71 Å². The smallest absolute Gasteiger partial charge is 0.279 e. The third kappa shape index (κ3) is 2.44. The lowest BCUT2D eigenvalue weighted by Crippen LogP contribution is -2.53. The zero-order chi connectivity index (χ0) is 16.7. The first-order valence-electron chi connectivity index (χ1n) is 7.74. The van der Waals surface area contributed by atoms with Crippen LogP contribution >= 0.6 is 0 Å². The fraction of sp³-hybridized carbons (Fsp3) is 0.316. The standard InChI is InChI=1S/C19H21N3O/c1-18(2,3)19(4)21-16(14-10-12-20-13-11-14)17(23)22(19)15-8-6-5-7-9-15/h5-13H,1-4H3. The van der Waals surface area contributed by atoms with E-state index < -0.39 is 5.66 Å². The third-order valence-electron chi connectivity index (χ3n) is 4.56. The van der Waals surface area contributed by atoms with E-state index in [1.54, 1.807) is 12.4 Å². The van der Waals surface area contributed by atoms with Gasteiger partial charge in [-0.15, -0.1) is 0 Å². The zero-order valence-corrected chi connectivity index (χ0v) is 13.9. The predicted molar refractivity (Wildman–Crippen MR) is 92.6 cm³/mol. The molecule has 2 aromatic rings. The van der Waals surface area contributed by atoms with Crippen molar-refractivity contribution in [3.8, 4) is 0 Å². The number of hydrogen-bond donors (Lipinski definition) is 0. The zero-order valence-electron chi connectivity index (χ0n) is 13.9. The summed E-state index contributed by atoms with van der Waals surface area (Å²) in [6, 6.07) is 13.4. The molecule has 1 aliphatic heterocycles. The van der Waals surface area contributed by atoms with Crippen LogP contribution in [0.1, 0.15) is 33.3 Å². The van der Waals surface area contributed by atoms with E-state index >= 15 is 0 Å². The number of carbonyl (C=O) groups is 1. The summed E-state index contributed by atoms with van der Waals surface area (Å²) in [5.41, 5.74) is 1.30. The molecule has 1 aliphatic rings. The Morgan fingerprint density at radius 3 is 2.17 bits per heavy atom. The van der Waals surface area contributed by atoms with Gasteiger partial charge in [0.05, 0.1) is 0 Å². The SMILES string of the molecule is CC(C)(C)C1(C)N=C(c2ccncc2)C(=O)N1c1ccccc1. The maximum absolute atomic E-state index is 13.1. The molecule has 118 valence electrons. The number of carbonyl (C=O) groups excluding carboxylic acids is 1. The van der Waals surface area contributed by atoms with Gasteiger partial charge in [0, 0.05) is 29.1 Å². The van der Waals surface area contributed by atoms with Gasteiger partial charge in [0.2, 0.25) is 0 Å². The maximum Gasteiger partial charge on any atom is 0.279 e. The first-order valence-corrected chi connectivity index (χ1v) is 7.74. The summed E-state index contributed by atoms with van der Waals surface area (Å²) >= 11 is 0. The van der Waals surface area contributed by atoms with Gasteiger partial charge in [-0.3, -0.25) is 19.7 Å². The van der Waals surface area contributed by atoms with Crippen molar-refractivity contribution in [2.24, 2.45) is 10.4 Å². The van der Waals surface area contributed by atoms with Crippen molar-refractivity contribution in [2.45, 2.75) is 33.4 Å². The first kappa shape index (κ1) is 15.4. The molecule has 1 atom stereocenters. The molecule has 1 amide bonds. The highest BCUT2D eigenvalue weighted by atomic mass is 16.2. The van der Waals surface area contributed by atoms with E-state index in [2.05, 4.69) is 25.8 Å². The minimum atomic E-state index is -0.649. The van der Waals surface area contributed by atoms with Gasteiger partial charge in [-0.05, 0) is 31.2 Å². The fourth-order valence-electron chi connectivity index (χ4n) is 2.77. The second-order valence-corrected chi connectivity index (χ2v) is 6.94. The van der Waals surface area contributed by atoms with Crippen molar-refractivity contribution in [1.29, 1.82) is 0 Å². The Kier molecular flexibility index (Phi) is 3.55. The van der Waals surface area contributed by atoms with Gasteiger partial charge in [-0.1, -0.05) is 39.0 Å². The number of anilines is 1. The molecular formula is C19H21N3O. The molecule has 0 saturated heterocycles. The Morgan fingerprint density at radius 2 is 1.61 bits per heavy atom. The van der Waals surface area contributed by atoms with Crippen LogP contribution in [-0.2, 0) is 4.79 Å². The number of nitrogens with zero attached hydrogens (tertiary/aromatic N) is 3. The number of para-hydroxylation sites is 1. The molecule has 0 radical (unpaired) electrons. The lowest BCUT2D eigenvalue weighted by atomic mass is 9.81. The number of rotatable bonds is 2. The van der Waals surface area contributed by atoms with Crippen molar-refractivity contribution in [3.63, 3.8) is 0 Å². The highest BCUT2D eigenvalue weighted by Gasteiger charge is 2.51. The summed E-state index contributed by atoms with van der Waals surface area (Å²) in [7, 11) is 0. The minimum absolute atomic E-state index is 0.0696. The number of amides is 1. The van der Waals surface area contributed by atoms with Gasteiger partial charge in [-0.25, -0.2) is 0 Å². The average Bonchev–Trinajstić information content (AvgIpc) is 2.81. The number of aliphatic imine (C=N–C) groups is 1. The number of aromatic nitrogens is 1. The minimum Gasteiger partial charge on any atom is -0.281 e. The van der Waals surface area contributed by atoms with E-state index in [1.807, 2.05) is 54.3 Å². The van der Waals surface area contributed by atoms with Crippen LogP contribution in [0.3, 0.4) is 0 Å². The molecular weight excluding hydrogens is 286 g/mol. The van der Waals surface area contributed by atoms with Crippen LogP contribution in [0.25, 0.3) is 0 Å². The summed E-state index contributed by atoms with van der Waals surface area (Å²) in [5.74, 6) is -0.0696. The van der Waals surface area contributed by atoms with Crippen LogP contribution in [0, 0.1) is 5.41 Å². The topological polar surface area (TPSA) is 45.6 Å². The summed E-state index contributed by atoms with van der Waals surface area (Å²) in [6.07, 6.45) is 3.37. The highest BCUT2D eigenvalue weighted by Crippen LogP contribution is 2.43. The van der Waals surface area contributed by atoms with Crippen LogP contribution < -0.4 is 4.90 Å². The van der Waals surface area contributed by atoms with E-state index in [1.165, 1.54) is 0 Å². The third-order valence-corrected chi connectivity index (χ3v) is 4.56. The molecule has 1 aromatic carbocycles. The normalized spacial score (nSPS) is 21.5. The van der Waals surface area contributed by atoms with Crippen LogP contribution in [-0.4, -0.2) is 22.3 Å². The van der Waals surface area contributed by atoms with Crippen molar-refractivity contribution >= 4 is 17.3 Å². The predicted octanol–water partition coefficient (Wildman–Crippen LogP) is 3.68. The maximum atomic E-state index is 13.1. The molecule has 1 unspecified atom stereocenters. The van der Waals surface area contributed by atoms with Crippen LogP contribution in [0.2, 0.25) is 0 Å². The Labute approximate surface area is 136 Å². The molecule has 1 aromatic heterocycles. The molecule has 0 bridgehead atoms. The Bertz CT molecular complexity index is 747. The Hall–Kier alpha value is -2.49. The number of hydrogen-bond acceptors (Lipinski definition) is 3. The Balaban J connectivity index is 2.16. The molecule has 4 nitrogen and oxygen atoms in total. The van der Waals surface area contributed by atoms with Crippen molar-refractivity contribution in [3.05, 3.63) is 60.4 Å². The Morgan fingerprint density at radius 1 is 1.00 bits per heavy atom. The van der Waals surface area contributed by atoms with Crippen molar-refractivity contribution in [1.82, 2.24) is 4.98 Å². The molecule has 4 heteroatoms. The van der Waals surface area contributed by atoms with Gasteiger partial charge < -0.3 is 0 Å². The summed E-state index contributed by atoms with van der Waals surface area (Å²) in [4.78, 5) is 23.8. The second kappa shape index (κ2) is 5.30. The summed E-state index contributed by atoms with van der Waals surface area (Å²) < 4.78 is 0. The monoisotopic (exact) mass is 307 g/mol. The first-order chi connectivity index (χ1) is 10.8. The van der Waals surface area contributed by atoms with E-state index in [9.17, 15) is 4.79 Å². The molecule has 0 aliphatic carbocycles. The van der Waals surface area contributed by atoms with Gasteiger partial charge in [0.25, 0.3) is 5.91 Å². The van der Waals surface area contributed by atoms with Gasteiger partial charge in [-0.2, -0.15) is 0 Å². The van der Waals surface area contributed by atoms with Gasteiger partial charge in [0.15, 0.2) is 0 Å². The molecule has 0 fully saturated rings. The number of pyridine rings is 1. The van der Waals surface area contributed by atoms with E-state index in [-0.39, 0.29) is 11.3 Å². The lowest BCUT2D eigenvalue weighted by Gasteiger charge is -2.43. The fourth-order valence-corrected chi connectivity index (χ4v) is 2.77. The van der Waals surface area contributed by atoms with Crippen molar-refractivity contribution < 1.29 is 4.79 Å². The molecule has 0 spiro atoms. The molecule has 0 saturated carbocycles. The average molecular weight is 307 g/mol. The van der Waals surface area contributed by atoms with Gasteiger partial charge >= 0.3 is 0 Å². The van der Waals surface area contributed by atoms with E-state index in [4.69, 9.17) is 4.99 Å². The molecule has 2 heterocycles. The molecule has 3 rings (SSSR count). The van der Waals surface area contributed by atoms with E-state index in [0.717, 1.165) is 11.3 Å². The van der Waals surface area contributed by atoms with Gasteiger partial charge in [0.1, 0.15) is 11.4 Å². The van der Waals surface area contributed by atoms with Crippen LogP contribution in [0.4, 0.5) is 5.69 Å². The summed E-state index contributed by atoms with van der Waals surface area (Å²) in [5, 5.41) is 0. The van der Waals surface area contributed by atoms with Crippen molar-refractivity contribution in [2.75, 3.05) is 4.90 Å². The van der Waals surface area contributed by atoms with Crippen LogP contribution in [0.5, 0.6) is 0 Å². The quantitative estimate of drug-likeness (QED) is 0.849. The molecule has 23 heavy (non-hydrogen) atoms. The number of benzene rings is 1. The summed E-state index contributed by atoms with van der Waals surface area (Å²) in [6.45, 7) is 8.34. The molecule has 0 N–H and O–H groups in total. The van der Waals surface area contributed by atoms with Crippen LogP contribution in [0.15, 0.2) is 59.9 Å².